The zero-order chi connectivity index (χ0) is 14.3. The van der Waals surface area contributed by atoms with Crippen molar-refractivity contribution in [2.24, 2.45) is 5.92 Å². The van der Waals surface area contributed by atoms with Gasteiger partial charge in [0.05, 0.1) is 19.6 Å². The second-order valence-electron chi connectivity index (χ2n) is 4.51. The summed E-state index contributed by atoms with van der Waals surface area (Å²) in [5, 5.41) is 4.73. The predicted molar refractivity (Wildman–Crippen MR) is 68.4 cm³/mol. The highest BCUT2D eigenvalue weighted by atomic mass is 16.5. The van der Waals surface area contributed by atoms with Crippen LogP contribution in [0.15, 0.2) is 0 Å². The molecule has 0 aromatic rings. The summed E-state index contributed by atoms with van der Waals surface area (Å²) in [4.78, 5) is 36.1. The molecule has 0 aromatic heterocycles. The van der Waals surface area contributed by atoms with Gasteiger partial charge in [0.25, 0.3) is 0 Å². The zero-order valence-electron chi connectivity index (χ0n) is 11.4. The lowest BCUT2D eigenvalue weighted by atomic mass is 9.98. The summed E-state index contributed by atoms with van der Waals surface area (Å²) in [5.41, 5.74) is 0. The largest absolute Gasteiger partial charge is 0.469 e. The maximum absolute atomic E-state index is 11.6. The van der Waals surface area contributed by atoms with Gasteiger partial charge in [-0.3, -0.25) is 19.8 Å². The number of urea groups is 1. The van der Waals surface area contributed by atoms with Gasteiger partial charge in [0.2, 0.25) is 5.91 Å². The maximum atomic E-state index is 11.6. The summed E-state index contributed by atoms with van der Waals surface area (Å²) in [6, 6.07) is -0.492. The maximum Gasteiger partial charge on any atom is 0.321 e. The quantitative estimate of drug-likeness (QED) is 0.686. The summed E-state index contributed by atoms with van der Waals surface area (Å²) >= 11 is 0. The van der Waals surface area contributed by atoms with Gasteiger partial charge in [0, 0.05) is 13.1 Å². The molecule has 7 nitrogen and oxygen atoms in total. The molecule has 2 N–H and O–H groups in total. The van der Waals surface area contributed by atoms with Gasteiger partial charge in [-0.25, -0.2) is 4.79 Å². The number of methoxy groups -OCH3 is 1. The third-order valence-electron chi connectivity index (χ3n) is 3.00. The third-order valence-corrected chi connectivity index (χ3v) is 3.00. The van der Waals surface area contributed by atoms with Crippen LogP contribution in [0.4, 0.5) is 4.79 Å². The molecule has 1 saturated heterocycles. The molecule has 1 fully saturated rings. The number of nitrogens with one attached hydrogen (secondary N) is 2. The van der Waals surface area contributed by atoms with E-state index in [0.29, 0.717) is 13.1 Å². The van der Waals surface area contributed by atoms with Gasteiger partial charge in [0.1, 0.15) is 0 Å². The number of ether oxygens (including phenoxy) is 1. The molecule has 1 atom stereocenters. The summed E-state index contributed by atoms with van der Waals surface area (Å²) in [5.74, 6) is -0.790. The molecule has 0 aliphatic carbocycles. The van der Waals surface area contributed by atoms with Crippen molar-refractivity contribution in [2.75, 3.05) is 33.3 Å². The Hall–Kier alpha value is -1.63. The number of likely N-dealkylation sites (tertiary alicyclic amines) is 1. The van der Waals surface area contributed by atoms with E-state index < -0.39 is 6.03 Å². The van der Waals surface area contributed by atoms with Crippen LogP contribution >= 0.6 is 0 Å². The molecule has 3 amide bonds. The van der Waals surface area contributed by atoms with Gasteiger partial charge in [-0.15, -0.1) is 0 Å². The van der Waals surface area contributed by atoms with Crippen molar-refractivity contribution >= 4 is 17.9 Å². The topological polar surface area (TPSA) is 87.7 Å². The van der Waals surface area contributed by atoms with E-state index in [-0.39, 0.29) is 24.3 Å². The normalized spacial score (nSPS) is 19.6. The Bertz CT molecular complexity index is 346. The molecule has 0 spiro atoms. The van der Waals surface area contributed by atoms with Gasteiger partial charge >= 0.3 is 12.0 Å². The van der Waals surface area contributed by atoms with Crippen LogP contribution in [0.3, 0.4) is 0 Å². The number of nitrogens with zero attached hydrogens (tertiary/aromatic N) is 1. The molecule has 1 aliphatic rings. The molecule has 7 heteroatoms. The Kier molecular flexibility index (Phi) is 6.27. The highest BCUT2D eigenvalue weighted by Crippen LogP contribution is 2.17. The molecule has 1 aliphatic heterocycles. The molecule has 108 valence electrons. The van der Waals surface area contributed by atoms with E-state index in [0.717, 1.165) is 19.4 Å². The molecular formula is C12H21N3O4. The Balaban J connectivity index is 2.37. The van der Waals surface area contributed by atoms with Crippen molar-refractivity contribution in [1.29, 1.82) is 0 Å². The molecule has 19 heavy (non-hydrogen) atoms. The van der Waals surface area contributed by atoms with Crippen LogP contribution in [0.5, 0.6) is 0 Å². The molecule has 0 radical (unpaired) electrons. The number of amides is 3. The number of imide groups is 1. The number of carbonyl (C=O) groups is 3. The summed E-state index contributed by atoms with van der Waals surface area (Å²) in [7, 11) is 1.36. The number of esters is 1. The summed E-state index contributed by atoms with van der Waals surface area (Å²) in [6.45, 7) is 3.60. The van der Waals surface area contributed by atoms with Crippen LogP contribution in [0.1, 0.15) is 19.8 Å². The van der Waals surface area contributed by atoms with Crippen LogP contribution in [-0.4, -0.2) is 56.1 Å². The first-order chi connectivity index (χ1) is 9.06. The fourth-order valence-corrected chi connectivity index (χ4v) is 2.13. The minimum absolute atomic E-state index is 0.116. The standard InChI is InChI=1S/C12H21N3O4/c1-3-13-12(18)14-10(16)8-15-6-4-5-9(7-15)11(17)19-2/h9H,3-8H2,1-2H3,(H2,13,14,16,18). The van der Waals surface area contributed by atoms with Gasteiger partial charge in [-0.05, 0) is 26.3 Å². The second kappa shape index (κ2) is 7.73. The lowest BCUT2D eigenvalue weighted by molar-refractivity contribution is -0.147. The van der Waals surface area contributed by atoms with E-state index in [1.54, 1.807) is 6.92 Å². The molecule has 0 aromatic carbocycles. The highest BCUT2D eigenvalue weighted by molar-refractivity contribution is 5.95. The van der Waals surface area contributed by atoms with E-state index in [9.17, 15) is 14.4 Å². The monoisotopic (exact) mass is 271 g/mol. The van der Waals surface area contributed by atoms with Gasteiger partial charge in [0.15, 0.2) is 0 Å². The fourth-order valence-electron chi connectivity index (χ4n) is 2.13. The van der Waals surface area contributed by atoms with Crippen molar-refractivity contribution in [2.45, 2.75) is 19.8 Å². The molecule has 1 heterocycles. The Morgan fingerprint density at radius 2 is 2.11 bits per heavy atom. The number of hydrogen-bond donors (Lipinski definition) is 2. The van der Waals surface area contributed by atoms with Gasteiger partial charge in [-0.1, -0.05) is 0 Å². The summed E-state index contributed by atoms with van der Waals surface area (Å²) < 4.78 is 4.71. The Morgan fingerprint density at radius 3 is 2.74 bits per heavy atom. The average Bonchev–Trinajstić information content (AvgIpc) is 2.38. The van der Waals surface area contributed by atoms with E-state index in [1.165, 1.54) is 7.11 Å². The molecule has 1 rings (SSSR count). The molecular weight excluding hydrogens is 250 g/mol. The zero-order valence-corrected chi connectivity index (χ0v) is 11.4. The summed E-state index contributed by atoms with van der Waals surface area (Å²) in [6.07, 6.45) is 1.62. The van der Waals surface area contributed by atoms with Crippen LogP contribution in [-0.2, 0) is 14.3 Å². The molecule has 1 unspecified atom stereocenters. The number of carbonyl (C=O) groups excluding carboxylic acids is 3. The molecule has 0 saturated carbocycles. The second-order valence-corrected chi connectivity index (χ2v) is 4.51. The number of rotatable bonds is 4. The van der Waals surface area contributed by atoms with Crippen LogP contribution in [0.25, 0.3) is 0 Å². The fraction of sp³-hybridized carbons (Fsp3) is 0.750. The van der Waals surface area contributed by atoms with Gasteiger partial charge in [-0.2, -0.15) is 0 Å². The van der Waals surface area contributed by atoms with Crippen LogP contribution in [0.2, 0.25) is 0 Å². The van der Waals surface area contributed by atoms with Crippen molar-refractivity contribution in [1.82, 2.24) is 15.5 Å². The lowest BCUT2D eigenvalue weighted by Gasteiger charge is -2.30. The minimum Gasteiger partial charge on any atom is -0.469 e. The number of piperidine rings is 1. The predicted octanol–water partition coefficient (Wildman–Crippen LogP) is -0.283. The van der Waals surface area contributed by atoms with E-state index in [4.69, 9.17) is 4.74 Å². The third kappa shape index (κ3) is 5.25. The van der Waals surface area contributed by atoms with E-state index >= 15 is 0 Å². The van der Waals surface area contributed by atoms with Crippen molar-refractivity contribution in [3.63, 3.8) is 0 Å². The Labute approximate surface area is 112 Å². The van der Waals surface area contributed by atoms with Crippen molar-refractivity contribution in [3.05, 3.63) is 0 Å². The SMILES string of the molecule is CCNC(=O)NC(=O)CN1CCCC(C(=O)OC)C1. The van der Waals surface area contributed by atoms with Crippen molar-refractivity contribution < 1.29 is 19.1 Å². The first kappa shape index (κ1) is 15.4. The first-order valence-electron chi connectivity index (χ1n) is 6.44. The minimum atomic E-state index is -0.492. The van der Waals surface area contributed by atoms with Gasteiger partial charge < -0.3 is 10.1 Å². The Morgan fingerprint density at radius 1 is 1.37 bits per heavy atom. The van der Waals surface area contributed by atoms with E-state index in [2.05, 4.69) is 10.6 Å². The van der Waals surface area contributed by atoms with E-state index in [1.807, 2.05) is 4.90 Å². The number of hydrogen-bond acceptors (Lipinski definition) is 5. The smallest absolute Gasteiger partial charge is 0.321 e. The first-order valence-corrected chi connectivity index (χ1v) is 6.44. The highest BCUT2D eigenvalue weighted by Gasteiger charge is 2.27. The van der Waals surface area contributed by atoms with Crippen molar-refractivity contribution in [3.8, 4) is 0 Å². The van der Waals surface area contributed by atoms with Crippen LogP contribution < -0.4 is 10.6 Å². The lowest BCUT2D eigenvalue weighted by Crippen LogP contribution is -2.47. The van der Waals surface area contributed by atoms with Crippen LogP contribution in [0, 0.1) is 5.92 Å². The molecule has 0 bridgehead atoms. The average molecular weight is 271 g/mol.